The number of nitrogens with zero attached hydrogens (tertiary/aromatic N) is 3. The second kappa shape index (κ2) is 10.7. The molecule has 2 aromatic heterocycles. The molecule has 194 valence electrons. The third kappa shape index (κ3) is 5.98. The van der Waals surface area contributed by atoms with Crippen LogP contribution in [0.4, 0.5) is 8.78 Å². The van der Waals surface area contributed by atoms with Crippen LogP contribution in [0.3, 0.4) is 0 Å². The molecular weight excluding hydrogens is 508 g/mol. The third-order valence-electron chi connectivity index (χ3n) is 5.59. The van der Waals surface area contributed by atoms with E-state index in [2.05, 4.69) is 9.72 Å². The summed E-state index contributed by atoms with van der Waals surface area (Å²) in [6, 6.07) is 12.7. The number of halogens is 3. The monoisotopic (exact) mass is 531 g/mol. The van der Waals surface area contributed by atoms with Crippen molar-refractivity contribution in [3.05, 3.63) is 91.7 Å². The van der Waals surface area contributed by atoms with Gasteiger partial charge < -0.3 is 14.6 Å². The van der Waals surface area contributed by atoms with E-state index in [-0.39, 0.29) is 54.3 Å². The van der Waals surface area contributed by atoms with E-state index in [1.54, 1.807) is 30.3 Å². The molecule has 0 unspecified atom stereocenters. The lowest BCUT2D eigenvalue weighted by atomic mass is 10.0. The summed E-state index contributed by atoms with van der Waals surface area (Å²) in [6.07, 6.45) is -1.56. The van der Waals surface area contributed by atoms with Gasteiger partial charge in [0, 0.05) is 50.2 Å². The normalized spacial score (nSPS) is 11.6. The second-order valence-corrected chi connectivity index (χ2v) is 8.90. The highest BCUT2D eigenvalue weighted by atomic mass is 35.5. The largest absolute Gasteiger partial charge is 0.455 e. The Bertz CT molecular complexity index is 1550. The van der Waals surface area contributed by atoms with Crippen molar-refractivity contribution in [2.75, 3.05) is 6.61 Å². The van der Waals surface area contributed by atoms with Gasteiger partial charge in [-0.05, 0) is 36.2 Å². The minimum Gasteiger partial charge on any atom is -0.455 e. The highest BCUT2D eigenvalue weighted by molar-refractivity contribution is 6.30. The molecule has 0 spiro atoms. The van der Waals surface area contributed by atoms with Crippen molar-refractivity contribution in [1.82, 2.24) is 14.1 Å². The van der Waals surface area contributed by atoms with Crippen LogP contribution in [-0.4, -0.2) is 31.9 Å². The average Bonchev–Trinajstić information content (AvgIpc) is 2.84. The number of aromatic nitrogens is 3. The summed E-state index contributed by atoms with van der Waals surface area (Å²) in [5.74, 6) is 0.282. The van der Waals surface area contributed by atoms with Gasteiger partial charge in [-0.1, -0.05) is 29.8 Å². The molecule has 1 N–H and O–H groups in total. The molecule has 0 fully saturated rings. The zero-order valence-corrected chi connectivity index (χ0v) is 20.8. The zero-order chi connectivity index (χ0) is 26.7. The minimum absolute atomic E-state index is 0.0219. The first-order chi connectivity index (χ1) is 17.6. The maximum absolute atomic E-state index is 13.5. The van der Waals surface area contributed by atoms with E-state index in [0.29, 0.717) is 17.5 Å². The molecule has 37 heavy (non-hydrogen) atoms. The second-order valence-electron chi connectivity index (χ2n) is 8.47. The van der Waals surface area contributed by atoms with Crippen LogP contribution in [-0.2, 0) is 20.0 Å². The Morgan fingerprint density at radius 3 is 2.49 bits per heavy atom. The summed E-state index contributed by atoms with van der Waals surface area (Å²) in [5, 5.41) is 9.95. The lowest BCUT2D eigenvalue weighted by molar-refractivity contribution is -0.159. The summed E-state index contributed by atoms with van der Waals surface area (Å²) in [4.78, 5) is 30.7. The van der Waals surface area contributed by atoms with Crippen LogP contribution in [0.25, 0.3) is 11.0 Å². The quantitative estimate of drug-likeness (QED) is 0.341. The molecule has 4 aromatic rings. The lowest BCUT2D eigenvalue weighted by Gasteiger charge is -2.17. The van der Waals surface area contributed by atoms with Gasteiger partial charge in [0.25, 0.3) is 5.56 Å². The first-order valence-corrected chi connectivity index (χ1v) is 11.8. The van der Waals surface area contributed by atoms with Gasteiger partial charge >= 0.3 is 11.8 Å². The number of benzene rings is 2. The Morgan fingerprint density at radius 1 is 1.11 bits per heavy atom. The minimum atomic E-state index is -3.38. The number of alkyl halides is 2. The summed E-state index contributed by atoms with van der Waals surface area (Å²) in [5.41, 5.74) is 0.276. The van der Waals surface area contributed by atoms with E-state index in [4.69, 9.17) is 16.3 Å². The molecule has 0 aliphatic heterocycles. The molecule has 0 aliphatic carbocycles. The molecule has 2 aromatic carbocycles. The number of aryl methyl sites for hydroxylation is 1. The molecule has 8 nitrogen and oxygen atoms in total. The van der Waals surface area contributed by atoms with E-state index in [9.17, 15) is 23.5 Å². The van der Waals surface area contributed by atoms with Gasteiger partial charge in [0.1, 0.15) is 22.9 Å². The van der Waals surface area contributed by atoms with Gasteiger partial charge in [-0.3, -0.25) is 13.9 Å². The smallest absolute Gasteiger partial charge is 0.394 e. The van der Waals surface area contributed by atoms with Crippen LogP contribution < -0.4 is 20.7 Å². The number of aliphatic hydroxyl groups excluding tert-OH is 1. The Labute approximate surface area is 215 Å². The Kier molecular flexibility index (Phi) is 7.60. The average molecular weight is 532 g/mol. The van der Waals surface area contributed by atoms with E-state index in [1.165, 1.54) is 36.0 Å². The van der Waals surface area contributed by atoms with Gasteiger partial charge in [0.15, 0.2) is 0 Å². The highest BCUT2D eigenvalue weighted by Crippen LogP contribution is 2.33. The first-order valence-electron chi connectivity index (χ1n) is 11.4. The van der Waals surface area contributed by atoms with Crippen LogP contribution in [0.15, 0.2) is 64.3 Å². The molecule has 0 aliphatic rings. The Balaban J connectivity index is 1.90. The summed E-state index contributed by atoms with van der Waals surface area (Å²) < 4.78 is 39.7. The van der Waals surface area contributed by atoms with Gasteiger partial charge in [0.05, 0.1) is 11.6 Å². The van der Waals surface area contributed by atoms with Gasteiger partial charge in [-0.25, -0.2) is 9.78 Å². The SMILES string of the molecule is Cn1c(=O)n(CCCO)c(=O)c2c(Cc3ccc(Cl)cc3)c(Oc3cccc(OC(C)(F)F)c3)cnc21. The van der Waals surface area contributed by atoms with Crippen LogP contribution in [0, 0.1) is 0 Å². The molecule has 0 radical (unpaired) electrons. The molecule has 0 bridgehead atoms. The van der Waals surface area contributed by atoms with Crippen LogP contribution >= 0.6 is 11.6 Å². The number of aliphatic hydroxyl groups is 1. The fraction of sp³-hybridized carbons (Fsp3) is 0.269. The van der Waals surface area contributed by atoms with Crippen LogP contribution in [0.5, 0.6) is 17.2 Å². The summed E-state index contributed by atoms with van der Waals surface area (Å²) in [6.45, 7) is 0.458. The first kappa shape index (κ1) is 26.3. The molecule has 2 heterocycles. The van der Waals surface area contributed by atoms with Crippen molar-refractivity contribution in [3.8, 4) is 17.2 Å². The predicted molar refractivity (Wildman–Crippen MR) is 135 cm³/mol. The Hall–Kier alpha value is -3.76. The van der Waals surface area contributed by atoms with Crippen LogP contribution in [0.1, 0.15) is 24.5 Å². The number of hydrogen-bond acceptors (Lipinski definition) is 6. The van der Waals surface area contributed by atoms with Crippen molar-refractivity contribution in [2.24, 2.45) is 7.05 Å². The number of ether oxygens (including phenoxy) is 2. The summed E-state index contributed by atoms with van der Waals surface area (Å²) >= 11 is 6.03. The standard InChI is InChI=1S/C26H24ClF2N3O5/c1-26(28,29)37-19-6-3-5-18(14-19)36-21-15-30-23-22(20(21)13-16-7-9-17(27)10-8-16)24(34)32(11-4-12-33)25(35)31(23)2/h3,5-10,14-15,33H,4,11-13H2,1-2H3. The molecule has 4 rings (SSSR count). The fourth-order valence-corrected chi connectivity index (χ4v) is 4.05. The number of rotatable bonds is 9. The van der Waals surface area contributed by atoms with Crippen molar-refractivity contribution in [3.63, 3.8) is 0 Å². The number of pyridine rings is 1. The molecule has 11 heteroatoms. The van der Waals surface area contributed by atoms with E-state index >= 15 is 0 Å². The van der Waals surface area contributed by atoms with E-state index in [1.807, 2.05) is 0 Å². The van der Waals surface area contributed by atoms with Crippen molar-refractivity contribution < 1.29 is 23.4 Å². The number of fused-ring (bicyclic) bond motifs is 1. The van der Waals surface area contributed by atoms with E-state index < -0.39 is 17.4 Å². The lowest BCUT2D eigenvalue weighted by Crippen LogP contribution is -2.40. The maximum atomic E-state index is 13.5. The molecule has 0 saturated heterocycles. The predicted octanol–water partition coefficient (Wildman–Crippen LogP) is 4.51. The molecule has 0 atom stereocenters. The van der Waals surface area contributed by atoms with Gasteiger partial charge in [0.2, 0.25) is 0 Å². The third-order valence-corrected chi connectivity index (χ3v) is 5.84. The van der Waals surface area contributed by atoms with E-state index in [0.717, 1.165) is 10.1 Å². The van der Waals surface area contributed by atoms with Crippen LogP contribution in [0.2, 0.25) is 5.02 Å². The molecular formula is C26H24ClF2N3O5. The van der Waals surface area contributed by atoms with Gasteiger partial charge in [-0.2, -0.15) is 8.78 Å². The van der Waals surface area contributed by atoms with Crippen molar-refractivity contribution in [1.29, 1.82) is 0 Å². The maximum Gasteiger partial charge on any atom is 0.394 e. The van der Waals surface area contributed by atoms with Crippen molar-refractivity contribution >= 4 is 22.6 Å². The fourth-order valence-electron chi connectivity index (χ4n) is 3.92. The van der Waals surface area contributed by atoms with Gasteiger partial charge in [-0.15, -0.1) is 0 Å². The highest BCUT2D eigenvalue weighted by Gasteiger charge is 2.24. The molecule has 0 amide bonds. The summed E-state index contributed by atoms with van der Waals surface area (Å²) in [7, 11) is 1.50. The molecule has 0 saturated carbocycles. The number of hydrogen-bond donors (Lipinski definition) is 1. The van der Waals surface area contributed by atoms with Crippen molar-refractivity contribution in [2.45, 2.75) is 32.4 Å². The Morgan fingerprint density at radius 2 is 1.81 bits per heavy atom. The topological polar surface area (TPSA) is 95.6 Å². The zero-order valence-electron chi connectivity index (χ0n) is 20.1.